The summed E-state index contributed by atoms with van der Waals surface area (Å²) in [5.74, 6) is 0. The molecule has 0 spiro atoms. The van der Waals surface area contributed by atoms with Gasteiger partial charge in [0.1, 0.15) is 0 Å². The predicted molar refractivity (Wildman–Crippen MR) is 30.2 cm³/mol. The first-order valence-electron chi connectivity index (χ1n) is 2.37. The standard InChI is InChI=1S/C4H9N.OS/c1-2-4-5-3-1;1-2/h5H,1-4H2;. The molecule has 1 rings (SSSR count). The second-order valence-electron chi connectivity index (χ2n) is 1.46. The summed E-state index contributed by atoms with van der Waals surface area (Å²) in [4.78, 5) is 0. The van der Waals surface area contributed by atoms with Crippen molar-refractivity contribution in [3.63, 3.8) is 0 Å². The van der Waals surface area contributed by atoms with Gasteiger partial charge in [-0.1, -0.05) is 0 Å². The quantitative estimate of drug-likeness (QED) is 0.488. The first-order chi connectivity index (χ1) is 3.50. The summed E-state index contributed by atoms with van der Waals surface area (Å²) in [6.07, 6.45) is 2.78. The van der Waals surface area contributed by atoms with Gasteiger partial charge in [0, 0.05) is 0 Å². The zero-order chi connectivity index (χ0) is 5.54. The molecule has 1 heterocycles. The fraction of sp³-hybridized carbons (Fsp3) is 1.00. The molecule has 2 nitrogen and oxygen atoms in total. The highest BCUT2D eigenvalue weighted by Crippen LogP contribution is 1.90. The van der Waals surface area contributed by atoms with E-state index in [9.17, 15) is 0 Å². The summed E-state index contributed by atoms with van der Waals surface area (Å²) in [6, 6.07) is 0. The van der Waals surface area contributed by atoms with Crippen molar-refractivity contribution in [2.75, 3.05) is 13.1 Å². The third kappa shape index (κ3) is 3.82. The molecule has 0 aromatic heterocycles. The Morgan fingerprint density at radius 3 is 1.71 bits per heavy atom. The number of hydrogen-bond donors (Lipinski definition) is 1. The predicted octanol–water partition coefficient (Wildman–Crippen LogP) is 0.0335. The van der Waals surface area contributed by atoms with E-state index >= 15 is 0 Å². The first-order valence-corrected chi connectivity index (χ1v) is 2.71. The van der Waals surface area contributed by atoms with E-state index in [1.165, 1.54) is 25.9 Å². The van der Waals surface area contributed by atoms with Crippen molar-refractivity contribution < 1.29 is 4.21 Å². The molecule has 1 aliphatic heterocycles. The SMILES string of the molecule is C1CCNC1.O=S. The molecule has 0 saturated carbocycles. The minimum Gasteiger partial charge on any atom is -0.317 e. The Labute approximate surface area is 48.8 Å². The van der Waals surface area contributed by atoms with Crippen LogP contribution in [-0.2, 0) is 12.5 Å². The van der Waals surface area contributed by atoms with Gasteiger partial charge in [-0.3, -0.25) is 0 Å². The summed E-state index contributed by atoms with van der Waals surface area (Å²) >= 11 is 2.83. The molecular formula is C4H9NOS. The van der Waals surface area contributed by atoms with Gasteiger partial charge in [-0.15, -0.1) is 0 Å². The van der Waals surface area contributed by atoms with Gasteiger partial charge < -0.3 is 5.32 Å². The van der Waals surface area contributed by atoms with Crippen LogP contribution in [0.25, 0.3) is 0 Å². The lowest BCUT2D eigenvalue weighted by atomic mass is 10.4. The molecule has 7 heavy (non-hydrogen) atoms. The zero-order valence-corrected chi connectivity index (χ0v) is 4.96. The van der Waals surface area contributed by atoms with Gasteiger partial charge in [0.05, 0.1) is 0 Å². The van der Waals surface area contributed by atoms with Crippen molar-refractivity contribution >= 4 is 12.5 Å². The van der Waals surface area contributed by atoms with Crippen molar-refractivity contribution in [3.8, 4) is 0 Å². The van der Waals surface area contributed by atoms with Crippen LogP contribution in [0.15, 0.2) is 0 Å². The maximum absolute atomic E-state index is 7.83. The molecular weight excluding hydrogens is 110 g/mol. The van der Waals surface area contributed by atoms with Gasteiger partial charge in [0.25, 0.3) is 0 Å². The van der Waals surface area contributed by atoms with E-state index in [4.69, 9.17) is 4.21 Å². The van der Waals surface area contributed by atoms with Gasteiger partial charge in [0.2, 0.25) is 0 Å². The number of hydrogen-bond acceptors (Lipinski definition) is 3. The molecule has 1 fully saturated rings. The topological polar surface area (TPSA) is 29.1 Å². The van der Waals surface area contributed by atoms with Crippen LogP contribution in [0.4, 0.5) is 0 Å². The maximum atomic E-state index is 7.83. The Kier molecular flexibility index (Phi) is 5.96. The minimum atomic E-state index is 1.25. The molecule has 0 bridgehead atoms. The largest absolute Gasteiger partial charge is 0.317 e. The van der Waals surface area contributed by atoms with Crippen molar-refractivity contribution in [2.24, 2.45) is 0 Å². The van der Waals surface area contributed by atoms with Gasteiger partial charge in [-0.05, 0) is 25.9 Å². The Morgan fingerprint density at radius 1 is 1.14 bits per heavy atom. The van der Waals surface area contributed by atoms with Crippen molar-refractivity contribution in [1.29, 1.82) is 0 Å². The molecule has 0 aliphatic carbocycles. The highest BCUT2D eigenvalue weighted by atomic mass is 32.1. The van der Waals surface area contributed by atoms with Gasteiger partial charge in [-0.25, -0.2) is 0 Å². The lowest BCUT2D eigenvalue weighted by molar-refractivity contribution is 0.702. The van der Waals surface area contributed by atoms with Crippen LogP contribution in [-0.4, -0.2) is 17.3 Å². The van der Waals surface area contributed by atoms with E-state index < -0.39 is 0 Å². The molecule has 0 aromatic carbocycles. The second kappa shape index (κ2) is 5.98. The Balaban J connectivity index is 0.000000162. The van der Waals surface area contributed by atoms with Crippen molar-refractivity contribution in [2.45, 2.75) is 12.8 Å². The van der Waals surface area contributed by atoms with Crippen LogP contribution < -0.4 is 5.32 Å². The Morgan fingerprint density at radius 2 is 1.57 bits per heavy atom. The molecule has 1 saturated heterocycles. The van der Waals surface area contributed by atoms with E-state index in [-0.39, 0.29) is 0 Å². The summed E-state index contributed by atoms with van der Waals surface area (Å²) in [7, 11) is 0. The summed E-state index contributed by atoms with van der Waals surface area (Å²) in [5.41, 5.74) is 0. The zero-order valence-electron chi connectivity index (χ0n) is 4.14. The summed E-state index contributed by atoms with van der Waals surface area (Å²) in [5, 5.41) is 3.22. The lowest BCUT2D eigenvalue weighted by Crippen LogP contribution is -2.03. The Bertz CT molecular complexity index is 31.1. The summed E-state index contributed by atoms with van der Waals surface area (Å²) < 4.78 is 7.83. The van der Waals surface area contributed by atoms with Crippen LogP contribution >= 0.6 is 0 Å². The van der Waals surface area contributed by atoms with Crippen molar-refractivity contribution in [3.05, 3.63) is 0 Å². The Hall–Kier alpha value is -0.0200. The fourth-order valence-electron chi connectivity index (χ4n) is 0.625. The van der Waals surface area contributed by atoms with E-state index in [2.05, 4.69) is 17.9 Å². The molecule has 0 unspecified atom stereocenters. The van der Waals surface area contributed by atoms with E-state index in [0.29, 0.717) is 0 Å². The van der Waals surface area contributed by atoms with Gasteiger partial charge >= 0.3 is 0 Å². The molecule has 0 radical (unpaired) electrons. The van der Waals surface area contributed by atoms with Gasteiger partial charge in [0.15, 0.2) is 12.5 Å². The van der Waals surface area contributed by atoms with Gasteiger partial charge in [-0.2, -0.15) is 4.21 Å². The molecule has 42 valence electrons. The normalized spacial score (nSPS) is 17.7. The van der Waals surface area contributed by atoms with Crippen molar-refractivity contribution in [1.82, 2.24) is 5.32 Å². The first kappa shape index (κ1) is 6.98. The highest BCUT2D eigenvalue weighted by Gasteiger charge is 1.93. The average Bonchev–Trinajstić information content (AvgIpc) is 2.23. The smallest absolute Gasteiger partial charge is 0.197 e. The molecule has 0 atom stereocenters. The van der Waals surface area contributed by atoms with E-state index in [1.54, 1.807) is 0 Å². The number of nitrogens with one attached hydrogen (secondary N) is 1. The van der Waals surface area contributed by atoms with Crippen LogP contribution in [0.5, 0.6) is 0 Å². The molecule has 1 N–H and O–H groups in total. The molecule has 0 amide bonds. The fourth-order valence-corrected chi connectivity index (χ4v) is 0.625. The van der Waals surface area contributed by atoms with Crippen LogP contribution in [0.2, 0.25) is 0 Å². The molecule has 0 aromatic rings. The van der Waals surface area contributed by atoms with Crippen LogP contribution in [0.3, 0.4) is 0 Å². The number of rotatable bonds is 0. The monoisotopic (exact) mass is 119 g/mol. The lowest BCUT2D eigenvalue weighted by Gasteiger charge is -1.76. The van der Waals surface area contributed by atoms with Crippen LogP contribution in [0.1, 0.15) is 12.8 Å². The third-order valence-corrected chi connectivity index (χ3v) is 0.957. The summed E-state index contributed by atoms with van der Waals surface area (Å²) in [6.45, 7) is 2.50. The maximum Gasteiger partial charge on any atom is 0.197 e. The molecule has 3 heteroatoms. The highest BCUT2D eigenvalue weighted by molar-refractivity contribution is 7.44. The molecule has 1 aliphatic rings. The van der Waals surface area contributed by atoms with E-state index in [1.807, 2.05) is 0 Å². The van der Waals surface area contributed by atoms with E-state index in [0.717, 1.165) is 0 Å². The van der Waals surface area contributed by atoms with Crippen LogP contribution in [0, 0.1) is 0 Å². The third-order valence-electron chi connectivity index (χ3n) is 0.957. The second-order valence-corrected chi connectivity index (χ2v) is 1.46. The minimum absolute atomic E-state index is 1.25. The average molecular weight is 119 g/mol.